The Morgan fingerprint density at radius 3 is 2.94 bits per heavy atom. The summed E-state index contributed by atoms with van der Waals surface area (Å²) in [7, 11) is 1.41. The molecule has 1 aromatic rings. The summed E-state index contributed by atoms with van der Waals surface area (Å²) in [6.07, 6.45) is 1.11. The Balaban J connectivity index is 2.32. The predicted octanol–water partition coefficient (Wildman–Crippen LogP) is 1.72. The lowest BCUT2D eigenvalue weighted by Gasteiger charge is -2.23. The third-order valence-corrected chi connectivity index (χ3v) is 3.35. The summed E-state index contributed by atoms with van der Waals surface area (Å²) in [5.74, 6) is -0.267. The number of carbonyl (C=O) groups excluding carboxylic acids is 1. The molecule has 3 nitrogen and oxygen atoms in total. The molecule has 3 heteroatoms. The average molecular weight is 219 g/mol. The number of benzene rings is 1. The Hall–Kier alpha value is -1.35. The van der Waals surface area contributed by atoms with Crippen molar-refractivity contribution in [1.29, 1.82) is 0 Å². The van der Waals surface area contributed by atoms with E-state index in [2.05, 4.69) is 18.3 Å². The molecular formula is C13H17NO2. The van der Waals surface area contributed by atoms with Crippen molar-refractivity contribution in [2.45, 2.75) is 18.8 Å². The number of rotatable bonds is 2. The van der Waals surface area contributed by atoms with Gasteiger partial charge in [-0.3, -0.25) is 0 Å². The van der Waals surface area contributed by atoms with E-state index < -0.39 is 0 Å². The molecule has 1 aliphatic heterocycles. The lowest BCUT2D eigenvalue weighted by Crippen LogP contribution is -2.25. The van der Waals surface area contributed by atoms with Crippen LogP contribution in [-0.4, -0.2) is 26.2 Å². The minimum absolute atomic E-state index is 0.143. The van der Waals surface area contributed by atoms with Crippen molar-refractivity contribution in [1.82, 2.24) is 5.32 Å². The van der Waals surface area contributed by atoms with Gasteiger partial charge < -0.3 is 10.1 Å². The maximum atomic E-state index is 11.4. The Morgan fingerprint density at radius 1 is 1.50 bits per heavy atom. The molecule has 1 aliphatic rings. The quantitative estimate of drug-likeness (QED) is 0.770. The lowest BCUT2D eigenvalue weighted by molar-refractivity contribution is 0.0600. The Kier molecular flexibility index (Phi) is 2.97. The molecule has 0 saturated carbocycles. The first-order valence-electron chi connectivity index (χ1n) is 5.55. The number of nitrogens with one attached hydrogen (secondary N) is 1. The summed E-state index contributed by atoms with van der Waals surface area (Å²) >= 11 is 0. The van der Waals surface area contributed by atoms with Crippen molar-refractivity contribution >= 4 is 5.97 Å². The minimum atomic E-state index is -0.267. The molecule has 0 spiro atoms. The van der Waals surface area contributed by atoms with Crippen LogP contribution >= 0.6 is 0 Å². The molecule has 1 unspecified atom stereocenters. The first kappa shape index (κ1) is 11.1. The molecule has 0 radical (unpaired) electrons. The second-order valence-corrected chi connectivity index (χ2v) is 4.56. The van der Waals surface area contributed by atoms with Crippen LogP contribution in [0.15, 0.2) is 24.3 Å². The highest BCUT2D eigenvalue weighted by Gasteiger charge is 2.30. The lowest BCUT2D eigenvalue weighted by atomic mass is 9.81. The van der Waals surface area contributed by atoms with Crippen molar-refractivity contribution in [3.05, 3.63) is 35.4 Å². The second-order valence-electron chi connectivity index (χ2n) is 4.56. The SMILES string of the molecule is COC(=O)c1cccc(C2(C)CCNC2)c1. The maximum absolute atomic E-state index is 11.4. The number of hydrogen-bond donors (Lipinski definition) is 1. The molecule has 1 saturated heterocycles. The maximum Gasteiger partial charge on any atom is 0.337 e. The van der Waals surface area contributed by atoms with Crippen LogP contribution in [0.25, 0.3) is 0 Å². The Bertz CT molecular complexity index is 395. The smallest absolute Gasteiger partial charge is 0.337 e. The highest BCUT2D eigenvalue weighted by molar-refractivity contribution is 5.89. The standard InChI is InChI=1S/C13H17NO2/c1-13(6-7-14-9-13)11-5-3-4-10(8-11)12(15)16-2/h3-5,8,14H,6-7,9H2,1-2H3. The van der Waals surface area contributed by atoms with Gasteiger partial charge in [0.05, 0.1) is 12.7 Å². The van der Waals surface area contributed by atoms with Gasteiger partial charge in [-0.05, 0) is 30.7 Å². The molecule has 16 heavy (non-hydrogen) atoms. The van der Waals surface area contributed by atoms with Crippen molar-refractivity contribution in [3.63, 3.8) is 0 Å². The molecule has 0 aliphatic carbocycles. The fraction of sp³-hybridized carbons (Fsp3) is 0.462. The van der Waals surface area contributed by atoms with Gasteiger partial charge in [0.25, 0.3) is 0 Å². The third-order valence-electron chi connectivity index (χ3n) is 3.35. The normalized spacial score (nSPS) is 24.4. The average Bonchev–Trinajstić information content (AvgIpc) is 2.77. The van der Waals surface area contributed by atoms with E-state index in [0.29, 0.717) is 5.56 Å². The highest BCUT2D eigenvalue weighted by atomic mass is 16.5. The van der Waals surface area contributed by atoms with Crippen molar-refractivity contribution < 1.29 is 9.53 Å². The summed E-state index contributed by atoms with van der Waals surface area (Å²) < 4.78 is 4.73. The van der Waals surface area contributed by atoms with Gasteiger partial charge in [-0.1, -0.05) is 19.1 Å². The minimum Gasteiger partial charge on any atom is -0.465 e. The number of hydrogen-bond acceptors (Lipinski definition) is 3. The van der Waals surface area contributed by atoms with E-state index in [1.165, 1.54) is 12.7 Å². The van der Waals surface area contributed by atoms with Crippen LogP contribution in [0.3, 0.4) is 0 Å². The number of ether oxygens (including phenoxy) is 1. The summed E-state index contributed by atoms with van der Waals surface area (Å²) in [5, 5.41) is 3.36. The van der Waals surface area contributed by atoms with Crippen molar-refractivity contribution in [2.75, 3.05) is 20.2 Å². The predicted molar refractivity (Wildman–Crippen MR) is 62.6 cm³/mol. The molecule has 0 bridgehead atoms. The van der Waals surface area contributed by atoms with Gasteiger partial charge in [-0.25, -0.2) is 4.79 Å². The molecule has 1 atom stereocenters. The molecule has 0 aromatic heterocycles. The molecule has 86 valence electrons. The first-order valence-corrected chi connectivity index (χ1v) is 5.55. The van der Waals surface area contributed by atoms with Gasteiger partial charge in [0.15, 0.2) is 0 Å². The number of methoxy groups -OCH3 is 1. The van der Waals surface area contributed by atoms with Gasteiger partial charge >= 0.3 is 5.97 Å². The van der Waals surface area contributed by atoms with E-state index in [1.807, 2.05) is 12.1 Å². The van der Waals surface area contributed by atoms with Crippen LogP contribution < -0.4 is 5.32 Å². The zero-order valence-electron chi connectivity index (χ0n) is 9.75. The topological polar surface area (TPSA) is 38.3 Å². The summed E-state index contributed by atoms with van der Waals surface area (Å²) in [6.45, 7) is 4.24. The van der Waals surface area contributed by atoms with Crippen LogP contribution in [0.2, 0.25) is 0 Å². The number of esters is 1. The number of carbonyl (C=O) groups is 1. The van der Waals surface area contributed by atoms with Crippen molar-refractivity contribution in [3.8, 4) is 0 Å². The molecule has 1 fully saturated rings. The molecule has 1 N–H and O–H groups in total. The van der Waals surface area contributed by atoms with Gasteiger partial charge in [-0.15, -0.1) is 0 Å². The van der Waals surface area contributed by atoms with Crippen LogP contribution in [-0.2, 0) is 10.2 Å². The molecule has 0 amide bonds. The molecule has 1 aromatic carbocycles. The van der Waals surface area contributed by atoms with Gasteiger partial charge in [0, 0.05) is 12.0 Å². The van der Waals surface area contributed by atoms with E-state index in [0.717, 1.165) is 19.5 Å². The van der Waals surface area contributed by atoms with E-state index in [-0.39, 0.29) is 11.4 Å². The second kappa shape index (κ2) is 4.26. The van der Waals surface area contributed by atoms with E-state index in [1.54, 1.807) is 6.07 Å². The highest BCUT2D eigenvalue weighted by Crippen LogP contribution is 2.30. The van der Waals surface area contributed by atoms with Gasteiger partial charge in [-0.2, -0.15) is 0 Å². The summed E-state index contributed by atoms with van der Waals surface area (Å²) in [6, 6.07) is 7.74. The largest absolute Gasteiger partial charge is 0.465 e. The fourth-order valence-electron chi connectivity index (χ4n) is 2.20. The fourth-order valence-corrected chi connectivity index (χ4v) is 2.20. The van der Waals surface area contributed by atoms with Gasteiger partial charge in [0.1, 0.15) is 0 Å². The van der Waals surface area contributed by atoms with Crippen LogP contribution in [0.4, 0.5) is 0 Å². The van der Waals surface area contributed by atoms with Crippen molar-refractivity contribution in [2.24, 2.45) is 0 Å². The third kappa shape index (κ3) is 1.95. The summed E-state index contributed by atoms with van der Waals surface area (Å²) in [5.41, 5.74) is 1.98. The van der Waals surface area contributed by atoms with Crippen LogP contribution in [0.1, 0.15) is 29.3 Å². The van der Waals surface area contributed by atoms with E-state index >= 15 is 0 Å². The van der Waals surface area contributed by atoms with E-state index in [4.69, 9.17) is 4.74 Å². The Morgan fingerprint density at radius 2 is 2.31 bits per heavy atom. The molecule has 2 rings (SSSR count). The zero-order valence-corrected chi connectivity index (χ0v) is 9.75. The molecular weight excluding hydrogens is 202 g/mol. The van der Waals surface area contributed by atoms with Crippen LogP contribution in [0.5, 0.6) is 0 Å². The molecule has 1 heterocycles. The summed E-state index contributed by atoms with van der Waals surface area (Å²) in [4.78, 5) is 11.4. The Labute approximate surface area is 95.8 Å². The van der Waals surface area contributed by atoms with Gasteiger partial charge in [0.2, 0.25) is 0 Å². The monoisotopic (exact) mass is 219 g/mol. The zero-order chi connectivity index (χ0) is 11.6. The van der Waals surface area contributed by atoms with E-state index in [9.17, 15) is 4.79 Å². The van der Waals surface area contributed by atoms with Crippen LogP contribution in [0, 0.1) is 0 Å². The first-order chi connectivity index (χ1) is 7.65.